The van der Waals surface area contributed by atoms with E-state index in [0.29, 0.717) is 76.6 Å². The largest absolute Gasteiger partial charge is 0.489 e. The molecule has 43 heavy (non-hydrogen) atoms. The monoisotopic (exact) mass is 584 g/mol. The molecule has 0 unspecified atom stereocenters. The molecule has 0 radical (unpaired) electrons. The number of pyridine rings is 1. The summed E-state index contributed by atoms with van der Waals surface area (Å²) in [5.74, 6) is 0.256. The minimum absolute atomic E-state index is 0.0673. The normalized spacial score (nSPS) is 18.7. The molecule has 3 aromatic rings. The molecule has 6 rings (SSSR count). The molecule has 3 aliphatic rings. The first-order chi connectivity index (χ1) is 20.9. The van der Waals surface area contributed by atoms with Gasteiger partial charge in [0, 0.05) is 75.5 Å². The van der Waals surface area contributed by atoms with E-state index in [1.165, 1.54) is 6.92 Å². The molecule has 2 N–H and O–H groups in total. The number of hydrogen-bond acceptors (Lipinski definition) is 7. The van der Waals surface area contributed by atoms with Crippen molar-refractivity contribution in [2.75, 3.05) is 52.5 Å². The molecule has 2 aromatic heterocycles. The first-order valence-corrected chi connectivity index (χ1v) is 14.9. The van der Waals surface area contributed by atoms with E-state index in [-0.39, 0.29) is 18.0 Å². The number of urea groups is 1. The number of likely N-dealkylation sites (tertiary alicyclic amines) is 1. The number of carbonyl (C=O) groups excluding carboxylic acids is 2. The van der Waals surface area contributed by atoms with E-state index < -0.39 is 6.10 Å². The Kier molecular flexibility index (Phi) is 8.31. The number of nitrogens with one attached hydrogen (secondary N) is 1. The lowest BCUT2D eigenvalue weighted by atomic mass is 9.98. The highest BCUT2D eigenvalue weighted by atomic mass is 16.5. The number of nitriles is 1. The highest BCUT2D eigenvalue weighted by molar-refractivity contribution is 5.95. The van der Waals surface area contributed by atoms with E-state index in [0.717, 1.165) is 39.7 Å². The topological polar surface area (TPSA) is 135 Å². The van der Waals surface area contributed by atoms with Gasteiger partial charge < -0.3 is 34.3 Å². The smallest absolute Gasteiger partial charge is 0.320 e. The van der Waals surface area contributed by atoms with Gasteiger partial charge in [-0.3, -0.25) is 4.79 Å². The molecule has 2 saturated heterocycles. The number of aliphatic hydroxyl groups excluding tert-OH is 1. The summed E-state index contributed by atoms with van der Waals surface area (Å²) in [7, 11) is 0. The quantitative estimate of drug-likeness (QED) is 0.469. The van der Waals surface area contributed by atoms with Crippen molar-refractivity contribution < 1.29 is 24.2 Å². The van der Waals surface area contributed by atoms with Gasteiger partial charge in [-0.2, -0.15) is 5.26 Å². The van der Waals surface area contributed by atoms with Crippen LogP contribution in [0.2, 0.25) is 0 Å². The lowest BCUT2D eigenvalue weighted by molar-refractivity contribution is -0.141. The van der Waals surface area contributed by atoms with Gasteiger partial charge in [-0.15, -0.1) is 0 Å². The third kappa shape index (κ3) is 6.07. The summed E-state index contributed by atoms with van der Waals surface area (Å²) in [4.78, 5) is 38.3. The Morgan fingerprint density at radius 2 is 1.88 bits per heavy atom. The molecule has 2 fully saturated rings. The van der Waals surface area contributed by atoms with Crippen molar-refractivity contribution in [2.24, 2.45) is 0 Å². The highest BCUT2D eigenvalue weighted by Gasteiger charge is 2.27. The minimum Gasteiger partial charge on any atom is -0.489 e. The van der Waals surface area contributed by atoms with Crippen LogP contribution in [0.3, 0.4) is 0 Å². The van der Waals surface area contributed by atoms with Gasteiger partial charge in [-0.1, -0.05) is 12.1 Å². The van der Waals surface area contributed by atoms with Crippen LogP contribution in [0, 0.1) is 11.3 Å². The summed E-state index contributed by atoms with van der Waals surface area (Å²) >= 11 is 0. The van der Waals surface area contributed by atoms with Crippen LogP contribution in [-0.4, -0.2) is 106 Å². The summed E-state index contributed by atoms with van der Waals surface area (Å²) in [5.41, 5.74) is 5.21. The third-order valence-corrected chi connectivity index (χ3v) is 8.48. The fourth-order valence-electron chi connectivity index (χ4n) is 6.00. The van der Waals surface area contributed by atoms with Crippen LogP contribution in [0.25, 0.3) is 27.7 Å². The zero-order valence-electron chi connectivity index (χ0n) is 24.3. The molecule has 0 saturated carbocycles. The number of aromatic nitrogens is 2. The van der Waals surface area contributed by atoms with Crippen LogP contribution in [0.5, 0.6) is 5.75 Å². The number of hydrogen-bond donors (Lipinski definition) is 2. The Bertz CT molecular complexity index is 1580. The zero-order valence-corrected chi connectivity index (χ0v) is 24.3. The van der Waals surface area contributed by atoms with Crippen molar-refractivity contribution >= 4 is 28.5 Å². The van der Waals surface area contributed by atoms with Crippen LogP contribution < -0.4 is 4.74 Å². The number of morpholine rings is 1. The Labute approximate surface area is 250 Å². The average molecular weight is 585 g/mol. The molecule has 0 spiro atoms. The standard InChI is InChI=1S/C32H36N6O5/c1-21(39)31(40)36-10-6-26(7-11-36)43-29-3-2-23(16-24(29)18-33)28-20-35-30-27(28)17-25(19-34-30)22-4-8-37(9-5-22)32(41)38-12-14-42-15-13-38/h2-4,16-17,19-21,26,39H,5-15H2,1H3,(H,34,35)/t21-/m0/s1. The SMILES string of the molecule is C[C@H](O)C(=O)N1CCC(Oc2ccc(-c3c[nH]c4ncc(C5=CCN(C(=O)N6CCOCC6)CC5)cc34)cc2C#N)CC1. The molecule has 0 aliphatic carbocycles. The number of fused-ring (bicyclic) bond motifs is 1. The Balaban J connectivity index is 1.16. The van der Waals surface area contributed by atoms with Crippen LogP contribution in [0.1, 0.15) is 37.3 Å². The maximum atomic E-state index is 12.9. The van der Waals surface area contributed by atoms with Crippen molar-refractivity contribution in [3.63, 3.8) is 0 Å². The first kappa shape index (κ1) is 28.7. The summed E-state index contributed by atoms with van der Waals surface area (Å²) < 4.78 is 11.6. The maximum absolute atomic E-state index is 12.9. The first-order valence-electron chi connectivity index (χ1n) is 14.9. The van der Waals surface area contributed by atoms with E-state index in [1.807, 2.05) is 40.4 Å². The van der Waals surface area contributed by atoms with Gasteiger partial charge in [0.1, 0.15) is 29.7 Å². The number of rotatable bonds is 5. The molecule has 3 amide bonds. The lowest BCUT2D eigenvalue weighted by Gasteiger charge is -2.34. The summed E-state index contributed by atoms with van der Waals surface area (Å²) in [6, 6.07) is 10.1. The fraction of sp³-hybridized carbons (Fsp3) is 0.438. The summed E-state index contributed by atoms with van der Waals surface area (Å²) in [6.07, 6.45) is 6.79. The van der Waals surface area contributed by atoms with E-state index >= 15 is 0 Å². The van der Waals surface area contributed by atoms with Crippen LogP contribution in [-0.2, 0) is 9.53 Å². The van der Waals surface area contributed by atoms with Gasteiger partial charge in [0.05, 0.1) is 18.8 Å². The second-order valence-corrected chi connectivity index (χ2v) is 11.3. The number of piperidine rings is 1. The van der Waals surface area contributed by atoms with Crippen molar-refractivity contribution in [1.29, 1.82) is 5.26 Å². The second kappa shape index (κ2) is 12.5. The zero-order chi connectivity index (χ0) is 29.9. The van der Waals surface area contributed by atoms with Gasteiger partial charge in [0.2, 0.25) is 0 Å². The summed E-state index contributed by atoms with van der Waals surface area (Å²) in [6.45, 7) is 6.17. The second-order valence-electron chi connectivity index (χ2n) is 11.3. The van der Waals surface area contributed by atoms with Gasteiger partial charge in [0.15, 0.2) is 0 Å². The molecular weight excluding hydrogens is 548 g/mol. The van der Waals surface area contributed by atoms with Crippen molar-refractivity contribution in [3.8, 4) is 22.9 Å². The van der Waals surface area contributed by atoms with Gasteiger partial charge in [-0.05, 0) is 48.2 Å². The van der Waals surface area contributed by atoms with E-state index in [2.05, 4.69) is 28.2 Å². The minimum atomic E-state index is -1.01. The number of H-pyrrole nitrogens is 1. The van der Waals surface area contributed by atoms with Crippen molar-refractivity contribution in [3.05, 3.63) is 53.9 Å². The number of aromatic amines is 1. The molecule has 11 nitrogen and oxygen atoms in total. The van der Waals surface area contributed by atoms with Gasteiger partial charge >= 0.3 is 6.03 Å². The van der Waals surface area contributed by atoms with E-state index in [4.69, 9.17) is 9.47 Å². The number of amides is 3. The van der Waals surface area contributed by atoms with Crippen LogP contribution in [0.4, 0.5) is 4.79 Å². The molecule has 1 atom stereocenters. The fourth-order valence-corrected chi connectivity index (χ4v) is 6.00. The van der Waals surface area contributed by atoms with E-state index in [9.17, 15) is 20.0 Å². The predicted molar refractivity (Wildman–Crippen MR) is 160 cm³/mol. The van der Waals surface area contributed by atoms with Crippen LogP contribution >= 0.6 is 0 Å². The lowest BCUT2D eigenvalue weighted by Crippen LogP contribution is -2.49. The molecule has 1 aromatic carbocycles. The molecule has 224 valence electrons. The third-order valence-electron chi connectivity index (χ3n) is 8.48. The Morgan fingerprint density at radius 3 is 2.58 bits per heavy atom. The number of benzene rings is 1. The molecule has 11 heteroatoms. The van der Waals surface area contributed by atoms with Gasteiger partial charge in [0.25, 0.3) is 5.91 Å². The number of ether oxygens (including phenoxy) is 2. The summed E-state index contributed by atoms with van der Waals surface area (Å²) in [5, 5.41) is 20.5. The van der Waals surface area contributed by atoms with Crippen molar-refractivity contribution in [1.82, 2.24) is 24.7 Å². The Hall–Kier alpha value is -4.40. The van der Waals surface area contributed by atoms with Crippen molar-refractivity contribution in [2.45, 2.75) is 38.4 Å². The molecule has 3 aliphatic heterocycles. The number of nitrogens with zero attached hydrogens (tertiary/aromatic N) is 5. The maximum Gasteiger partial charge on any atom is 0.320 e. The predicted octanol–water partition coefficient (Wildman–Crippen LogP) is 3.39. The van der Waals surface area contributed by atoms with Crippen LogP contribution in [0.15, 0.2) is 42.7 Å². The molecule has 0 bridgehead atoms. The molecular formula is C32H36N6O5. The highest BCUT2D eigenvalue weighted by Crippen LogP contribution is 2.34. The van der Waals surface area contributed by atoms with E-state index in [1.54, 1.807) is 4.90 Å². The Morgan fingerprint density at radius 1 is 1.09 bits per heavy atom. The average Bonchev–Trinajstić information content (AvgIpc) is 3.48. The number of aliphatic hydroxyl groups is 1. The number of carbonyl (C=O) groups is 2. The molecule has 5 heterocycles. The van der Waals surface area contributed by atoms with Gasteiger partial charge in [-0.25, -0.2) is 9.78 Å².